The Labute approximate surface area is 143 Å². The maximum absolute atomic E-state index is 12.4. The van der Waals surface area contributed by atoms with E-state index in [0.717, 1.165) is 5.56 Å². The lowest BCUT2D eigenvalue weighted by Crippen LogP contribution is -2.13. The van der Waals surface area contributed by atoms with E-state index in [-0.39, 0.29) is 4.90 Å². The second-order valence-corrected chi connectivity index (χ2v) is 8.00. The van der Waals surface area contributed by atoms with Gasteiger partial charge in [-0.2, -0.15) is 0 Å². The Hall–Kier alpha value is -0.370. The van der Waals surface area contributed by atoms with E-state index in [2.05, 4.69) is 52.5 Å². The van der Waals surface area contributed by atoms with Crippen LogP contribution in [0.2, 0.25) is 0 Å². The minimum Gasteiger partial charge on any atom is -0.280 e. The molecule has 1 N–H and O–H groups in total. The van der Waals surface area contributed by atoms with Crippen LogP contribution in [0.3, 0.4) is 0 Å². The second kappa shape index (κ2) is 6.60. The molecule has 0 aliphatic rings. The summed E-state index contributed by atoms with van der Waals surface area (Å²) in [6, 6.07) is 12.3. The highest BCUT2D eigenvalue weighted by molar-refractivity contribution is 9.11. The first-order valence-electron chi connectivity index (χ1n) is 5.55. The van der Waals surface area contributed by atoms with Crippen LogP contribution >= 0.6 is 47.8 Å². The summed E-state index contributed by atoms with van der Waals surface area (Å²) in [4.78, 5) is 0.191. The smallest absolute Gasteiger partial charge is 0.263 e. The number of alkyl halides is 1. The van der Waals surface area contributed by atoms with Crippen molar-refractivity contribution < 1.29 is 8.42 Å². The maximum Gasteiger partial charge on any atom is 0.263 e. The van der Waals surface area contributed by atoms with E-state index >= 15 is 0 Å². The molecule has 0 fully saturated rings. The van der Waals surface area contributed by atoms with Crippen LogP contribution in [0.5, 0.6) is 0 Å². The number of benzene rings is 2. The molecule has 3 nitrogen and oxygen atoms in total. The van der Waals surface area contributed by atoms with Gasteiger partial charge in [0.25, 0.3) is 10.0 Å². The van der Waals surface area contributed by atoms with Crippen LogP contribution in [0.4, 0.5) is 5.69 Å². The monoisotopic (exact) mass is 481 g/mol. The topological polar surface area (TPSA) is 46.2 Å². The molecule has 2 aromatic carbocycles. The summed E-state index contributed by atoms with van der Waals surface area (Å²) in [6.07, 6.45) is 0. The van der Waals surface area contributed by atoms with Gasteiger partial charge in [-0.25, -0.2) is 8.42 Å². The van der Waals surface area contributed by atoms with Crippen LogP contribution in [0.15, 0.2) is 56.3 Å². The van der Waals surface area contributed by atoms with Gasteiger partial charge >= 0.3 is 0 Å². The van der Waals surface area contributed by atoms with E-state index in [0.29, 0.717) is 20.0 Å². The third-order valence-electron chi connectivity index (χ3n) is 2.52. The molecule has 0 saturated heterocycles. The van der Waals surface area contributed by atoms with Gasteiger partial charge in [0.05, 0.1) is 0 Å². The predicted octanol–water partition coefficient (Wildman–Crippen LogP) is 4.91. The molecule has 0 spiro atoms. The lowest BCUT2D eigenvalue weighted by Gasteiger charge is -2.10. The molecule has 20 heavy (non-hydrogen) atoms. The Bertz CT molecular complexity index is 732. The summed E-state index contributed by atoms with van der Waals surface area (Å²) >= 11 is 9.88. The van der Waals surface area contributed by atoms with Crippen molar-refractivity contribution in [2.75, 3.05) is 4.72 Å². The molecule has 0 aliphatic heterocycles. The van der Waals surface area contributed by atoms with Crippen LogP contribution in [0.25, 0.3) is 0 Å². The summed E-state index contributed by atoms with van der Waals surface area (Å²) in [5.41, 5.74) is 1.53. The lowest BCUT2D eigenvalue weighted by molar-refractivity contribution is 0.600. The molecule has 0 heterocycles. The standard InChI is InChI=1S/C13H10Br3NO2S/c14-8-9-2-1-3-11(6-9)17-20(18,19)13-7-10(15)4-5-12(13)16/h1-7,17H,8H2. The first-order chi connectivity index (χ1) is 9.42. The van der Waals surface area contributed by atoms with Gasteiger partial charge in [0.2, 0.25) is 0 Å². The summed E-state index contributed by atoms with van der Waals surface area (Å²) in [5, 5.41) is 0.670. The van der Waals surface area contributed by atoms with Gasteiger partial charge in [-0.1, -0.05) is 44.0 Å². The van der Waals surface area contributed by atoms with Crippen molar-refractivity contribution in [1.82, 2.24) is 0 Å². The molecule has 0 atom stereocenters. The van der Waals surface area contributed by atoms with Crippen LogP contribution in [-0.2, 0) is 15.4 Å². The van der Waals surface area contributed by atoms with E-state index in [1.165, 1.54) is 0 Å². The quantitative estimate of drug-likeness (QED) is 0.628. The van der Waals surface area contributed by atoms with E-state index < -0.39 is 10.0 Å². The summed E-state index contributed by atoms with van der Waals surface area (Å²) < 4.78 is 28.6. The Kier molecular flexibility index (Phi) is 5.28. The minimum atomic E-state index is -3.63. The number of sulfonamides is 1. The molecular weight excluding hydrogens is 474 g/mol. The Morgan fingerprint density at radius 2 is 1.80 bits per heavy atom. The van der Waals surface area contributed by atoms with Crippen LogP contribution < -0.4 is 4.72 Å². The zero-order valence-electron chi connectivity index (χ0n) is 10.1. The van der Waals surface area contributed by atoms with Crippen molar-refractivity contribution in [2.45, 2.75) is 10.2 Å². The van der Waals surface area contributed by atoms with E-state index in [4.69, 9.17) is 0 Å². The lowest BCUT2D eigenvalue weighted by atomic mass is 10.2. The number of anilines is 1. The third kappa shape index (κ3) is 3.84. The fourth-order valence-corrected chi connectivity index (χ4v) is 4.51. The van der Waals surface area contributed by atoms with Crippen molar-refractivity contribution in [3.8, 4) is 0 Å². The highest BCUT2D eigenvalue weighted by atomic mass is 79.9. The van der Waals surface area contributed by atoms with E-state index in [9.17, 15) is 8.42 Å². The highest BCUT2D eigenvalue weighted by Crippen LogP contribution is 2.27. The van der Waals surface area contributed by atoms with Gasteiger partial charge < -0.3 is 0 Å². The molecule has 7 heteroatoms. The Morgan fingerprint density at radius 3 is 2.50 bits per heavy atom. The van der Waals surface area contributed by atoms with Gasteiger partial charge in [0, 0.05) is 20.0 Å². The molecule has 0 aliphatic carbocycles. The minimum absolute atomic E-state index is 0.191. The van der Waals surface area contributed by atoms with Crippen LogP contribution in [0.1, 0.15) is 5.56 Å². The molecule has 106 valence electrons. The summed E-state index contributed by atoms with van der Waals surface area (Å²) in [5.74, 6) is 0. The van der Waals surface area contributed by atoms with Crippen molar-refractivity contribution >= 4 is 63.5 Å². The number of rotatable bonds is 4. The number of nitrogens with one attached hydrogen (secondary N) is 1. The molecule has 2 aromatic rings. The third-order valence-corrected chi connectivity index (χ3v) is 6.03. The van der Waals surface area contributed by atoms with Gasteiger partial charge in [-0.15, -0.1) is 0 Å². The Balaban J connectivity index is 2.38. The molecule has 0 bridgehead atoms. The normalized spacial score (nSPS) is 11.3. The van der Waals surface area contributed by atoms with Crippen molar-refractivity contribution in [2.24, 2.45) is 0 Å². The molecule has 0 aromatic heterocycles. The average Bonchev–Trinajstić information content (AvgIpc) is 2.41. The fraction of sp³-hybridized carbons (Fsp3) is 0.0769. The first kappa shape index (κ1) is 16.0. The number of halogens is 3. The largest absolute Gasteiger partial charge is 0.280 e. The molecular formula is C13H10Br3NO2S. The summed E-state index contributed by atoms with van der Waals surface area (Å²) in [7, 11) is -3.63. The first-order valence-corrected chi connectivity index (χ1v) is 9.74. The van der Waals surface area contributed by atoms with E-state index in [1.54, 1.807) is 30.3 Å². The van der Waals surface area contributed by atoms with Gasteiger partial charge in [0.1, 0.15) is 4.90 Å². The van der Waals surface area contributed by atoms with Gasteiger partial charge in [-0.05, 0) is 51.8 Å². The van der Waals surface area contributed by atoms with Crippen LogP contribution in [0, 0.1) is 0 Å². The van der Waals surface area contributed by atoms with Crippen molar-refractivity contribution in [3.05, 3.63) is 57.0 Å². The zero-order valence-corrected chi connectivity index (χ0v) is 15.7. The molecule has 0 amide bonds. The molecule has 0 unspecified atom stereocenters. The van der Waals surface area contributed by atoms with Gasteiger partial charge in [-0.3, -0.25) is 4.72 Å². The maximum atomic E-state index is 12.4. The highest BCUT2D eigenvalue weighted by Gasteiger charge is 2.18. The zero-order chi connectivity index (χ0) is 14.8. The van der Waals surface area contributed by atoms with Crippen LogP contribution in [-0.4, -0.2) is 8.42 Å². The second-order valence-electron chi connectivity index (χ2n) is 4.01. The fourth-order valence-electron chi connectivity index (χ4n) is 1.61. The molecule has 2 rings (SSSR count). The SMILES string of the molecule is O=S(=O)(Nc1cccc(CBr)c1)c1cc(Br)ccc1Br. The average molecular weight is 484 g/mol. The summed E-state index contributed by atoms with van der Waals surface area (Å²) in [6.45, 7) is 0. The number of hydrogen-bond acceptors (Lipinski definition) is 2. The predicted molar refractivity (Wildman–Crippen MR) is 91.7 cm³/mol. The Morgan fingerprint density at radius 1 is 1.05 bits per heavy atom. The molecule has 0 radical (unpaired) electrons. The molecule has 0 saturated carbocycles. The van der Waals surface area contributed by atoms with Crippen molar-refractivity contribution in [1.29, 1.82) is 0 Å². The van der Waals surface area contributed by atoms with Crippen molar-refractivity contribution in [3.63, 3.8) is 0 Å². The van der Waals surface area contributed by atoms with Gasteiger partial charge in [0.15, 0.2) is 0 Å². The van der Waals surface area contributed by atoms with E-state index in [1.807, 2.05) is 12.1 Å². The number of hydrogen-bond donors (Lipinski definition) is 1.